The number of aryl methyl sites for hydroxylation is 1. The van der Waals surface area contributed by atoms with E-state index in [2.05, 4.69) is 5.10 Å². The number of hydrogen-bond acceptors (Lipinski definition) is 4. The predicted octanol–water partition coefficient (Wildman–Crippen LogP) is 0.878. The van der Waals surface area contributed by atoms with E-state index in [1.165, 1.54) is 4.31 Å². The summed E-state index contributed by atoms with van der Waals surface area (Å²) in [7, 11) is -1.83. The summed E-state index contributed by atoms with van der Waals surface area (Å²) >= 11 is 0. The third-order valence-corrected chi connectivity index (χ3v) is 6.37. The maximum atomic E-state index is 12.8. The number of aromatic nitrogens is 2. The minimum Gasteiger partial charge on any atom is -0.329 e. The van der Waals surface area contributed by atoms with E-state index in [-0.39, 0.29) is 6.04 Å². The van der Waals surface area contributed by atoms with Crippen LogP contribution in [0.3, 0.4) is 0 Å². The number of rotatable bonds is 6. The van der Waals surface area contributed by atoms with E-state index in [0.29, 0.717) is 35.3 Å². The predicted molar refractivity (Wildman–Crippen MR) is 77.9 cm³/mol. The lowest BCUT2D eigenvalue weighted by molar-refractivity contribution is 0.356. The maximum absolute atomic E-state index is 12.8. The number of hydrogen-bond donors (Lipinski definition) is 1. The van der Waals surface area contributed by atoms with Gasteiger partial charge in [-0.15, -0.1) is 0 Å². The van der Waals surface area contributed by atoms with Gasteiger partial charge < -0.3 is 5.73 Å². The fourth-order valence-corrected chi connectivity index (χ4v) is 4.42. The van der Waals surface area contributed by atoms with Crippen molar-refractivity contribution in [3.63, 3.8) is 0 Å². The van der Waals surface area contributed by atoms with Crippen LogP contribution in [-0.4, -0.2) is 42.1 Å². The average molecular weight is 300 g/mol. The number of sulfonamides is 1. The molecule has 1 atom stereocenters. The largest absolute Gasteiger partial charge is 0.329 e. The van der Waals surface area contributed by atoms with E-state index >= 15 is 0 Å². The van der Waals surface area contributed by atoms with Crippen LogP contribution in [0.1, 0.15) is 31.2 Å². The number of nitrogens with zero attached hydrogens (tertiary/aromatic N) is 3. The molecule has 0 bridgehead atoms. The first-order chi connectivity index (χ1) is 9.30. The molecule has 0 spiro atoms. The van der Waals surface area contributed by atoms with Crippen molar-refractivity contribution in [2.45, 2.75) is 51.1 Å². The van der Waals surface area contributed by atoms with Gasteiger partial charge in [-0.05, 0) is 39.5 Å². The molecule has 6 nitrogen and oxygen atoms in total. The first kappa shape index (κ1) is 15.5. The molecule has 0 amide bonds. The Morgan fingerprint density at radius 1 is 1.45 bits per heavy atom. The molecule has 20 heavy (non-hydrogen) atoms. The standard InChI is InChI=1S/C13H24N4O2S/c1-9-13(11(3)17(15-9)8-7-14)20(18,19)16(4)10(2)12-5-6-12/h10,12H,5-8,14H2,1-4H3. The zero-order valence-corrected chi connectivity index (χ0v) is 13.4. The lowest BCUT2D eigenvalue weighted by Crippen LogP contribution is -2.36. The van der Waals surface area contributed by atoms with Crippen molar-refractivity contribution in [2.75, 3.05) is 13.6 Å². The molecule has 114 valence electrons. The van der Waals surface area contributed by atoms with E-state index in [1.807, 2.05) is 6.92 Å². The van der Waals surface area contributed by atoms with E-state index in [1.54, 1.807) is 25.6 Å². The quantitative estimate of drug-likeness (QED) is 0.845. The van der Waals surface area contributed by atoms with Gasteiger partial charge in [0.15, 0.2) is 0 Å². The van der Waals surface area contributed by atoms with Gasteiger partial charge in [-0.25, -0.2) is 8.42 Å². The van der Waals surface area contributed by atoms with Gasteiger partial charge in [0.05, 0.1) is 17.9 Å². The summed E-state index contributed by atoms with van der Waals surface area (Å²) in [6.07, 6.45) is 2.23. The van der Waals surface area contributed by atoms with Crippen LogP contribution in [0.2, 0.25) is 0 Å². The second-order valence-electron chi connectivity index (χ2n) is 5.61. The summed E-state index contributed by atoms with van der Waals surface area (Å²) in [4.78, 5) is 0.334. The van der Waals surface area contributed by atoms with E-state index < -0.39 is 10.0 Å². The number of nitrogens with two attached hydrogens (primary N) is 1. The fraction of sp³-hybridized carbons (Fsp3) is 0.769. The van der Waals surface area contributed by atoms with Crippen molar-refractivity contribution in [3.05, 3.63) is 11.4 Å². The van der Waals surface area contributed by atoms with Crippen LogP contribution in [0, 0.1) is 19.8 Å². The molecule has 1 aromatic heterocycles. The highest BCUT2D eigenvalue weighted by molar-refractivity contribution is 7.89. The first-order valence-electron chi connectivity index (χ1n) is 7.02. The highest BCUT2D eigenvalue weighted by Gasteiger charge is 2.38. The minimum atomic E-state index is -3.49. The van der Waals surface area contributed by atoms with Gasteiger partial charge in [-0.2, -0.15) is 9.40 Å². The molecule has 1 saturated carbocycles. The Bertz CT molecular complexity index is 590. The van der Waals surface area contributed by atoms with Crippen molar-refractivity contribution in [3.8, 4) is 0 Å². The smallest absolute Gasteiger partial charge is 0.246 e. The second kappa shape index (κ2) is 5.46. The third kappa shape index (κ3) is 2.62. The Morgan fingerprint density at radius 2 is 2.05 bits per heavy atom. The molecule has 1 aliphatic carbocycles. The van der Waals surface area contributed by atoms with Crippen molar-refractivity contribution in [1.82, 2.24) is 14.1 Å². The first-order valence-corrected chi connectivity index (χ1v) is 8.46. The molecule has 0 aromatic carbocycles. The minimum absolute atomic E-state index is 0.0386. The molecule has 0 aliphatic heterocycles. The third-order valence-electron chi connectivity index (χ3n) is 4.17. The highest BCUT2D eigenvalue weighted by atomic mass is 32.2. The summed E-state index contributed by atoms with van der Waals surface area (Å²) < 4.78 is 28.8. The van der Waals surface area contributed by atoms with Crippen molar-refractivity contribution in [2.24, 2.45) is 11.7 Å². The lowest BCUT2D eigenvalue weighted by Gasteiger charge is -2.24. The Hall–Kier alpha value is -0.920. The summed E-state index contributed by atoms with van der Waals surface area (Å²) in [5.41, 5.74) is 6.75. The molecule has 7 heteroatoms. The molecule has 0 radical (unpaired) electrons. The molecule has 1 aromatic rings. The molecular formula is C13H24N4O2S. The van der Waals surface area contributed by atoms with E-state index in [0.717, 1.165) is 12.8 Å². The molecule has 1 fully saturated rings. The van der Waals surface area contributed by atoms with Crippen LogP contribution < -0.4 is 5.73 Å². The van der Waals surface area contributed by atoms with Crippen molar-refractivity contribution >= 4 is 10.0 Å². The van der Waals surface area contributed by atoms with Gasteiger partial charge in [0.25, 0.3) is 0 Å². The highest BCUT2D eigenvalue weighted by Crippen LogP contribution is 2.37. The molecule has 1 aliphatic rings. The van der Waals surface area contributed by atoms with Gasteiger partial charge >= 0.3 is 0 Å². The van der Waals surface area contributed by atoms with Crippen LogP contribution in [0.5, 0.6) is 0 Å². The van der Waals surface area contributed by atoms with Crippen molar-refractivity contribution in [1.29, 1.82) is 0 Å². The van der Waals surface area contributed by atoms with E-state index in [4.69, 9.17) is 5.73 Å². The van der Waals surface area contributed by atoms with Crippen LogP contribution in [-0.2, 0) is 16.6 Å². The zero-order valence-electron chi connectivity index (χ0n) is 12.6. The maximum Gasteiger partial charge on any atom is 0.246 e. The summed E-state index contributed by atoms with van der Waals surface area (Å²) in [6.45, 7) is 6.48. The Balaban J connectivity index is 2.38. The van der Waals surface area contributed by atoms with Crippen LogP contribution in [0.4, 0.5) is 0 Å². The molecule has 0 saturated heterocycles. The zero-order chi connectivity index (χ0) is 15.1. The van der Waals surface area contributed by atoms with Gasteiger partial charge in [0.2, 0.25) is 10.0 Å². The molecule has 1 heterocycles. The van der Waals surface area contributed by atoms with Gasteiger partial charge in [-0.1, -0.05) is 0 Å². The molecular weight excluding hydrogens is 276 g/mol. The summed E-state index contributed by atoms with van der Waals surface area (Å²) in [5.74, 6) is 0.495. The topological polar surface area (TPSA) is 81.2 Å². The lowest BCUT2D eigenvalue weighted by atomic mass is 10.2. The van der Waals surface area contributed by atoms with Crippen LogP contribution in [0.25, 0.3) is 0 Å². The Kier molecular flexibility index (Phi) is 4.22. The summed E-state index contributed by atoms with van der Waals surface area (Å²) in [5, 5.41) is 4.30. The molecule has 2 rings (SSSR count). The monoisotopic (exact) mass is 300 g/mol. The van der Waals surface area contributed by atoms with Gasteiger partial charge in [-0.3, -0.25) is 4.68 Å². The van der Waals surface area contributed by atoms with Crippen molar-refractivity contribution < 1.29 is 8.42 Å². The average Bonchev–Trinajstić information content (AvgIpc) is 3.16. The van der Waals surface area contributed by atoms with Gasteiger partial charge in [0.1, 0.15) is 4.90 Å². The normalized spacial score (nSPS) is 17.7. The fourth-order valence-electron chi connectivity index (χ4n) is 2.63. The Morgan fingerprint density at radius 3 is 2.55 bits per heavy atom. The summed E-state index contributed by atoms with van der Waals surface area (Å²) in [6, 6.07) is 0.0386. The van der Waals surface area contributed by atoms with Gasteiger partial charge in [0, 0.05) is 19.6 Å². The Labute approximate surface area is 121 Å². The van der Waals surface area contributed by atoms with Crippen LogP contribution in [0.15, 0.2) is 4.90 Å². The molecule has 1 unspecified atom stereocenters. The molecule has 2 N–H and O–H groups in total. The van der Waals surface area contributed by atoms with Crippen LogP contribution >= 0.6 is 0 Å². The SMILES string of the molecule is Cc1nn(CCN)c(C)c1S(=O)(=O)N(C)C(C)C1CC1. The van der Waals surface area contributed by atoms with E-state index in [9.17, 15) is 8.42 Å². The second-order valence-corrected chi connectivity index (χ2v) is 7.55.